The van der Waals surface area contributed by atoms with Crippen LogP contribution in [0.5, 0.6) is 5.75 Å². The van der Waals surface area contributed by atoms with Gasteiger partial charge in [-0.25, -0.2) is 4.79 Å². The molecule has 0 saturated carbocycles. The number of methoxy groups -OCH3 is 1. The lowest BCUT2D eigenvalue weighted by Gasteiger charge is -2.24. The maximum absolute atomic E-state index is 12.1. The van der Waals surface area contributed by atoms with Gasteiger partial charge in [0.05, 0.1) is 20.1 Å². The van der Waals surface area contributed by atoms with Crippen molar-refractivity contribution in [2.45, 2.75) is 45.3 Å². The molecule has 132 valence electrons. The molecular formula is C18H25NO5. The standard InChI is InChI=1S/C18H25NO5/c1-18(2,3)24-17(21)19-10-9-14(12-19)23-15-8-6-5-7-13(15)11-16(20)22-4/h5-8,14H,9-12H2,1-4H3/t14-/m0/s1. The summed E-state index contributed by atoms with van der Waals surface area (Å²) in [6.07, 6.45) is 0.453. The Labute approximate surface area is 142 Å². The Morgan fingerprint density at radius 3 is 2.62 bits per heavy atom. The lowest BCUT2D eigenvalue weighted by atomic mass is 10.1. The molecule has 1 aliphatic rings. The van der Waals surface area contributed by atoms with Crippen molar-refractivity contribution in [3.63, 3.8) is 0 Å². The van der Waals surface area contributed by atoms with E-state index in [2.05, 4.69) is 0 Å². The predicted octanol–water partition coefficient (Wildman–Crippen LogP) is 2.79. The normalized spacial score (nSPS) is 17.5. The molecule has 6 heteroatoms. The van der Waals surface area contributed by atoms with Gasteiger partial charge in [-0.3, -0.25) is 4.79 Å². The molecule has 0 N–H and O–H groups in total. The van der Waals surface area contributed by atoms with Crippen molar-refractivity contribution in [3.8, 4) is 5.75 Å². The molecule has 0 unspecified atom stereocenters. The number of hydrogen-bond donors (Lipinski definition) is 0. The second-order valence-corrected chi connectivity index (χ2v) is 6.82. The largest absolute Gasteiger partial charge is 0.488 e. The van der Waals surface area contributed by atoms with E-state index in [1.807, 2.05) is 45.0 Å². The molecule has 1 aromatic rings. The molecular weight excluding hydrogens is 310 g/mol. The number of esters is 1. The number of rotatable bonds is 4. The third-order valence-corrected chi connectivity index (χ3v) is 3.63. The van der Waals surface area contributed by atoms with E-state index in [0.29, 0.717) is 18.8 Å². The molecule has 1 saturated heterocycles. The number of carbonyl (C=O) groups is 2. The maximum atomic E-state index is 12.1. The molecule has 1 atom stereocenters. The van der Waals surface area contributed by atoms with Crippen molar-refractivity contribution in [1.29, 1.82) is 0 Å². The second-order valence-electron chi connectivity index (χ2n) is 6.82. The lowest BCUT2D eigenvalue weighted by molar-refractivity contribution is -0.139. The van der Waals surface area contributed by atoms with Gasteiger partial charge in [-0.2, -0.15) is 0 Å². The van der Waals surface area contributed by atoms with E-state index in [4.69, 9.17) is 14.2 Å². The van der Waals surface area contributed by atoms with E-state index in [1.54, 1.807) is 4.90 Å². The third-order valence-electron chi connectivity index (χ3n) is 3.63. The number of ether oxygens (including phenoxy) is 3. The molecule has 0 spiro atoms. The molecule has 6 nitrogen and oxygen atoms in total. The molecule has 1 amide bonds. The summed E-state index contributed by atoms with van der Waals surface area (Å²) in [7, 11) is 1.36. The minimum absolute atomic E-state index is 0.115. The van der Waals surface area contributed by atoms with E-state index in [9.17, 15) is 9.59 Å². The molecule has 2 rings (SSSR count). The summed E-state index contributed by atoms with van der Waals surface area (Å²) in [5.41, 5.74) is 0.267. The number of carbonyl (C=O) groups excluding carboxylic acids is 2. The first kappa shape index (κ1) is 18.1. The van der Waals surface area contributed by atoms with E-state index in [1.165, 1.54) is 7.11 Å². The van der Waals surface area contributed by atoms with Gasteiger partial charge in [0.1, 0.15) is 17.5 Å². The highest BCUT2D eigenvalue weighted by Crippen LogP contribution is 2.24. The SMILES string of the molecule is COC(=O)Cc1ccccc1O[C@H]1CCN(C(=O)OC(C)(C)C)C1. The molecule has 0 radical (unpaired) electrons. The number of benzene rings is 1. The zero-order chi connectivity index (χ0) is 17.7. The van der Waals surface area contributed by atoms with Gasteiger partial charge in [-0.05, 0) is 26.8 Å². The van der Waals surface area contributed by atoms with Gasteiger partial charge in [0, 0.05) is 18.5 Å². The van der Waals surface area contributed by atoms with E-state index < -0.39 is 5.60 Å². The highest BCUT2D eigenvalue weighted by atomic mass is 16.6. The summed E-state index contributed by atoms with van der Waals surface area (Å²) < 4.78 is 16.1. The fourth-order valence-corrected chi connectivity index (χ4v) is 2.49. The van der Waals surface area contributed by atoms with E-state index in [0.717, 1.165) is 12.0 Å². The molecule has 0 bridgehead atoms. The van der Waals surface area contributed by atoms with Crippen LogP contribution in [0.4, 0.5) is 4.79 Å². The number of para-hydroxylation sites is 1. The topological polar surface area (TPSA) is 65.1 Å². The Morgan fingerprint density at radius 1 is 1.25 bits per heavy atom. The van der Waals surface area contributed by atoms with Crippen LogP contribution in [-0.2, 0) is 20.7 Å². The van der Waals surface area contributed by atoms with Crippen LogP contribution in [0.15, 0.2) is 24.3 Å². The predicted molar refractivity (Wildman–Crippen MR) is 89.0 cm³/mol. The fourth-order valence-electron chi connectivity index (χ4n) is 2.49. The van der Waals surface area contributed by atoms with Crippen molar-refractivity contribution in [3.05, 3.63) is 29.8 Å². The molecule has 1 aliphatic heterocycles. The summed E-state index contributed by atoms with van der Waals surface area (Å²) in [6, 6.07) is 7.38. The Balaban J connectivity index is 1.96. The van der Waals surface area contributed by atoms with Crippen molar-refractivity contribution >= 4 is 12.1 Å². The smallest absolute Gasteiger partial charge is 0.410 e. The van der Waals surface area contributed by atoms with Crippen LogP contribution in [0.2, 0.25) is 0 Å². The Morgan fingerprint density at radius 2 is 1.96 bits per heavy atom. The molecule has 0 aromatic heterocycles. The average Bonchev–Trinajstić information content (AvgIpc) is 2.96. The monoisotopic (exact) mass is 335 g/mol. The molecule has 1 aromatic carbocycles. The minimum Gasteiger partial charge on any atom is -0.488 e. The van der Waals surface area contributed by atoms with Crippen LogP contribution in [0.25, 0.3) is 0 Å². The number of hydrogen-bond acceptors (Lipinski definition) is 5. The maximum Gasteiger partial charge on any atom is 0.410 e. The van der Waals surface area contributed by atoms with Gasteiger partial charge in [-0.15, -0.1) is 0 Å². The molecule has 1 heterocycles. The number of likely N-dealkylation sites (tertiary alicyclic amines) is 1. The van der Waals surface area contributed by atoms with Gasteiger partial charge in [0.2, 0.25) is 0 Å². The van der Waals surface area contributed by atoms with Crippen molar-refractivity contribution < 1.29 is 23.8 Å². The Hall–Kier alpha value is -2.24. The Kier molecular flexibility index (Phi) is 5.70. The van der Waals surface area contributed by atoms with E-state index >= 15 is 0 Å². The summed E-state index contributed by atoms with van der Waals surface area (Å²) in [5.74, 6) is 0.340. The molecule has 24 heavy (non-hydrogen) atoms. The number of nitrogens with zero attached hydrogens (tertiary/aromatic N) is 1. The van der Waals surface area contributed by atoms with Gasteiger partial charge < -0.3 is 19.1 Å². The Bertz CT molecular complexity index is 593. The van der Waals surface area contributed by atoms with Gasteiger partial charge >= 0.3 is 12.1 Å². The first-order chi connectivity index (χ1) is 11.3. The minimum atomic E-state index is -0.511. The van der Waals surface area contributed by atoms with Crippen molar-refractivity contribution in [1.82, 2.24) is 4.90 Å². The van der Waals surface area contributed by atoms with Crippen LogP contribution in [0, 0.1) is 0 Å². The quantitative estimate of drug-likeness (QED) is 0.792. The van der Waals surface area contributed by atoms with E-state index in [-0.39, 0.29) is 24.6 Å². The highest BCUT2D eigenvalue weighted by Gasteiger charge is 2.31. The second kappa shape index (κ2) is 7.55. The lowest BCUT2D eigenvalue weighted by Crippen LogP contribution is -2.36. The van der Waals surface area contributed by atoms with Crippen molar-refractivity contribution in [2.75, 3.05) is 20.2 Å². The van der Waals surface area contributed by atoms with Crippen LogP contribution in [0.1, 0.15) is 32.8 Å². The van der Waals surface area contributed by atoms with Crippen molar-refractivity contribution in [2.24, 2.45) is 0 Å². The summed E-state index contributed by atoms with van der Waals surface area (Å²) >= 11 is 0. The van der Waals surface area contributed by atoms with Crippen LogP contribution < -0.4 is 4.74 Å². The number of amides is 1. The summed E-state index contributed by atoms with van der Waals surface area (Å²) in [6.45, 7) is 6.61. The zero-order valence-corrected chi connectivity index (χ0v) is 14.7. The fraction of sp³-hybridized carbons (Fsp3) is 0.556. The first-order valence-electron chi connectivity index (χ1n) is 8.08. The van der Waals surface area contributed by atoms with Gasteiger partial charge in [-0.1, -0.05) is 18.2 Å². The summed E-state index contributed by atoms with van der Waals surface area (Å²) in [4.78, 5) is 25.2. The molecule has 1 fully saturated rings. The third kappa shape index (κ3) is 5.15. The van der Waals surface area contributed by atoms with Crippen LogP contribution >= 0.6 is 0 Å². The van der Waals surface area contributed by atoms with Gasteiger partial charge in [0.15, 0.2) is 0 Å². The highest BCUT2D eigenvalue weighted by molar-refractivity contribution is 5.73. The van der Waals surface area contributed by atoms with Crippen LogP contribution in [0.3, 0.4) is 0 Å². The van der Waals surface area contributed by atoms with Gasteiger partial charge in [0.25, 0.3) is 0 Å². The van der Waals surface area contributed by atoms with Crippen LogP contribution in [-0.4, -0.2) is 48.9 Å². The first-order valence-corrected chi connectivity index (χ1v) is 8.08. The summed E-state index contributed by atoms with van der Waals surface area (Å²) in [5, 5.41) is 0. The zero-order valence-electron chi connectivity index (χ0n) is 14.7. The molecule has 0 aliphatic carbocycles. The average molecular weight is 335 g/mol.